The molecule has 1 heterocycles. The number of methoxy groups -OCH3 is 1. The van der Waals surface area contributed by atoms with E-state index in [0.717, 1.165) is 11.1 Å². The van der Waals surface area contributed by atoms with Crippen molar-refractivity contribution in [1.29, 1.82) is 0 Å². The minimum absolute atomic E-state index is 0.454. The quantitative estimate of drug-likeness (QED) is 0.654. The molecule has 0 fully saturated rings. The van der Waals surface area contributed by atoms with Crippen LogP contribution in [0.5, 0.6) is 11.5 Å². The summed E-state index contributed by atoms with van der Waals surface area (Å²) in [5, 5.41) is 11.7. The van der Waals surface area contributed by atoms with Gasteiger partial charge in [0.1, 0.15) is 19.3 Å². The van der Waals surface area contributed by atoms with Crippen molar-refractivity contribution in [3.05, 3.63) is 71.8 Å². The zero-order chi connectivity index (χ0) is 16.8. The van der Waals surface area contributed by atoms with Gasteiger partial charge in [0.05, 0.1) is 13.3 Å². The maximum Gasteiger partial charge on any atom is 0.170 e. The van der Waals surface area contributed by atoms with Gasteiger partial charge in [-0.3, -0.25) is 0 Å². The van der Waals surface area contributed by atoms with Gasteiger partial charge < -0.3 is 9.47 Å². The van der Waals surface area contributed by atoms with E-state index in [-0.39, 0.29) is 0 Å². The van der Waals surface area contributed by atoms with Crippen LogP contribution < -0.4 is 9.47 Å². The van der Waals surface area contributed by atoms with Gasteiger partial charge in [0.2, 0.25) is 0 Å². The summed E-state index contributed by atoms with van der Waals surface area (Å²) in [5.41, 5.74) is 3.11. The first kappa shape index (κ1) is 15.7. The lowest BCUT2D eigenvalue weighted by Crippen LogP contribution is -2.01. The van der Waals surface area contributed by atoms with Crippen molar-refractivity contribution in [1.82, 2.24) is 14.9 Å². The molecule has 0 saturated carbocycles. The number of rotatable bonds is 6. The zero-order valence-electron chi connectivity index (χ0n) is 13.6. The van der Waals surface area contributed by atoms with E-state index in [1.54, 1.807) is 13.3 Å². The van der Waals surface area contributed by atoms with Crippen molar-refractivity contribution in [3.8, 4) is 11.5 Å². The normalized spacial score (nSPS) is 10.9. The molecule has 0 saturated heterocycles. The summed E-state index contributed by atoms with van der Waals surface area (Å²) in [7, 11) is 1.62. The number of aryl methyl sites for hydroxylation is 1. The molecule has 1 aromatic heterocycles. The molecule has 0 spiro atoms. The molecule has 0 amide bonds. The summed E-state index contributed by atoms with van der Waals surface area (Å²) in [6.07, 6.45) is 4.73. The molecular weight excluding hydrogens is 304 g/mol. The van der Waals surface area contributed by atoms with E-state index in [2.05, 4.69) is 34.4 Å². The van der Waals surface area contributed by atoms with Crippen LogP contribution in [-0.4, -0.2) is 28.2 Å². The summed E-state index contributed by atoms with van der Waals surface area (Å²) in [6, 6.07) is 13.9. The van der Waals surface area contributed by atoms with Crippen LogP contribution in [0, 0.1) is 6.92 Å². The Morgan fingerprint density at radius 2 is 1.92 bits per heavy atom. The lowest BCUT2D eigenvalue weighted by atomic mass is 10.1. The van der Waals surface area contributed by atoms with E-state index >= 15 is 0 Å². The smallest absolute Gasteiger partial charge is 0.170 e. The Morgan fingerprint density at radius 3 is 2.67 bits per heavy atom. The van der Waals surface area contributed by atoms with Gasteiger partial charge in [-0.25, -0.2) is 4.68 Å². The summed E-state index contributed by atoms with van der Waals surface area (Å²) in [6.45, 7) is 2.51. The molecule has 2 aromatic carbocycles. The second-order valence-electron chi connectivity index (χ2n) is 5.24. The molecule has 0 radical (unpaired) electrons. The Balaban J connectivity index is 1.84. The lowest BCUT2D eigenvalue weighted by molar-refractivity contribution is 0.284. The van der Waals surface area contributed by atoms with Crippen LogP contribution in [0.2, 0.25) is 0 Å². The zero-order valence-corrected chi connectivity index (χ0v) is 13.6. The molecule has 0 unspecified atom stereocenters. The highest BCUT2D eigenvalue weighted by atomic mass is 16.5. The van der Waals surface area contributed by atoms with Crippen LogP contribution in [0.4, 0.5) is 0 Å². The summed E-state index contributed by atoms with van der Waals surface area (Å²) >= 11 is 0. The van der Waals surface area contributed by atoms with Crippen molar-refractivity contribution >= 4 is 6.21 Å². The number of para-hydroxylation sites is 1. The minimum atomic E-state index is 0.454. The van der Waals surface area contributed by atoms with E-state index in [9.17, 15) is 0 Å². The monoisotopic (exact) mass is 322 g/mol. The van der Waals surface area contributed by atoms with Crippen molar-refractivity contribution in [3.63, 3.8) is 0 Å². The van der Waals surface area contributed by atoms with Crippen LogP contribution in [0.15, 0.2) is 60.2 Å². The molecule has 3 rings (SSSR count). The van der Waals surface area contributed by atoms with Crippen LogP contribution in [0.3, 0.4) is 0 Å². The van der Waals surface area contributed by atoms with Gasteiger partial charge in [-0.15, -0.1) is 10.2 Å². The summed E-state index contributed by atoms with van der Waals surface area (Å²) < 4.78 is 12.9. The van der Waals surface area contributed by atoms with Crippen LogP contribution >= 0.6 is 0 Å². The molecule has 0 atom stereocenters. The number of nitrogens with zero attached hydrogens (tertiary/aromatic N) is 4. The first-order valence-corrected chi connectivity index (χ1v) is 7.50. The molecular formula is C18H18N4O2. The molecule has 24 heavy (non-hydrogen) atoms. The number of aromatic nitrogens is 3. The predicted molar refractivity (Wildman–Crippen MR) is 91.5 cm³/mol. The molecule has 6 heteroatoms. The van der Waals surface area contributed by atoms with E-state index in [4.69, 9.17) is 9.47 Å². The van der Waals surface area contributed by atoms with Gasteiger partial charge in [-0.2, -0.15) is 5.10 Å². The maximum absolute atomic E-state index is 6.01. The van der Waals surface area contributed by atoms with Gasteiger partial charge in [0.15, 0.2) is 11.5 Å². The van der Waals surface area contributed by atoms with E-state index in [1.807, 2.05) is 30.3 Å². The lowest BCUT2D eigenvalue weighted by Gasteiger charge is -2.13. The number of ether oxygens (including phenoxy) is 2. The Morgan fingerprint density at radius 1 is 1.12 bits per heavy atom. The predicted octanol–water partition coefficient (Wildman–Crippen LogP) is 3.06. The van der Waals surface area contributed by atoms with E-state index < -0.39 is 0 Å². The maximum atomic E-state index is 6.01. The third-order valence-electron chi connectivity index (χ3n) is 3.43. The van der Waals surface area contributed by atoms with Crippen molar-refractivity contribution in [2.75, 3.05) is 7.11 Å². The third-order valence-corrected chi connectivity index (χ3v) is 3.43. The number of benzene rings is 2. The molecule has 0 N–H and O–H groups in total. The van der Waals surface area contributed by atoms with Gasteiger partial charge in [0, 0.05) is 5.56 Å². The third kappa shape index (κ3) is 3.78. The fourth-order valence-electron chi connectivity index (χ4n) is 2.29. The minimum Gasteiger partial charge on any atom is -0.493 e. The molecule has 122 valence electrons. The fraction of sp³-hybridized carbons (Fsp3) is 0.167. The number of hydrogen-bond acceptors (Lipinski definition) is 5. The van der Waals surface area contributed by atoms with Gasteiger partial charge in [0.25, 0.3) is 0 Å². The Hall–Kier alpha value is -3.15. The van der Waals surface area contributed by atoms with Gasteiger partial charge in [-0.05, 0) is 24.6 Å². The van der Waals surface area contributed by atoms with Crippen LogP contribution in [-0.2, 0) is 6.61 Å². The van der Waals surface area contributed by atoms with Crippen molar-refractivity contribution < 1.29 is 9.47 Å². The van der Waals surface area contributed by atoms with Gasteiger partial charge >= 0.3 is 0 Å². The second-order valence-corrected chi connectivity index (χ2v) is 5.24. The van der Waals surface area contributed by atoms with Gasteiger partial charge in [-0.1, -0.05) is 35.9 Å². The topological polar surface area (TPSA) is 61.5 Å². The standard InChI is InChI=1S/C18H18N4O2/c1-14-5-3-6-15(9-14)11-24-18-16(7-4-8-17(18)23-2)10-21-22-12-19-20-13-22/h3-10,12-13H,11H2,1-2H3/b21-10-. The average Bonchev–Trinajstić information content (AvgIpc) is 3.12. The van der Waals surface area contributed by atoms with Crippen molar-refractivity contribution in [2.45, 2.75) is 13.5 Å². The molecule has 3 aromatic rings. The first-order valence-electron chi connectivity index (χ1n) is 7.50. The van der Waals surface area contributed by atoms with Crippen molar-refractivity contribution in [2.24, 2.45) is 5.10 Å². The largest absolute Gasteiger partial charge is 0.493 e. The Kier molecular flexibility index (Phi) is 4.86. The highest BCUT2D eigenvalue weighted by Gasteiger charge is 2.10. The highest BCUT2D eigenvalue weighted by Crippen LogP contribution is 2.31. The molecule has 0 bridgehead atoms. The van der Waals surface area contributed by atoms with E-state index in [1.165, 1.54) is 22.9 Å². The first-order chi connectivity index (χ1) is 11.8. The molecule has 0 aliphatic carbocycles. The van der Waals surface area contributed by atoms with E-state index in [0.29, 0.717) is 18.1 Å². The molecule has 6 nitrogen and oxygen atoms in total. The molecule has 0 aliphatic rings. The fourth-order valence-corrected chi connectivity index (χ4v) is 2.29. The highest BCUT2D eigenvalue weighted by molar-refractivity contribution is 5.85. The van der Waals surface area contributed by atoms with Crippen LogP contribution in [0.25, 0.3) is 0 Å². The summed E-state index contributed by atoms with van der Waals surface area (Å²) in [5.74, 6) is 1.31. The summed E-state index contributed by atoms with van der Waals surface area (Å²) in [4.78, 5) is 0. The molecule has 0 aliphatic heterocycles. The number of hydrogen-bond donors (Lipinski definition) is 0. The second kappa shape index (κ2) is 7.41. The Labute approximate surface area is 140 Å². The van der Waals surface area contributed by atoms with Crippen LogP contribution in [0.1, 0.15) is 16.7 Å². The SMILES string of the molecule is COc1cccc(/C=N\n2cnnc2)c1OCc1cccc(C)c1. The Bertz CT molecular complexity index is 829. The average molecular weight is 322 g/mol.